The van der Waals surface area contributed by atoms with Gasteiger partial charge in [0, 0.05) is 38.8 Å². The Hall–Kier alpha value is -3.19. The molecule has 2 heterocycles. The summed E-state index contributed by atoms with van der Waals surface area (Å²) in [4.78, 5) is 34.4. The first kappa shape index (κ1) is 20.1. The van der Waals surface area contributed by atoms with Crippen molar-refractivity contribution in [2.24, 2.45) is 7.05 Å². The first-order valence-electron chi connectivity index (χ1n) is 10.1. The Balaban J connectivity index is 1.47. The van der Waals surface area contributed by atoms with Gasteiger partial charge in [-0.2, -0.15) is 0 Å². The SMILES string of the molecule is COc1ccc(C(=O)N2CCN(C(C)c3nc4ccccc4c(=O)n3C)CC2)cc1. The number of piperazine rings is 1. The summed E-state index contributed by atoms with van der Waals surface area (Å²) in [5.41, 5.74) is 1.35. The van der Waals surface area contributed by atoms with E-state index in [-0.39, 0.29) is 17.5 Å². The highest BCUT2D eigenvalue weighted by atomic mass is 16.5. The first-order chi connectivity index (χ1) is 14.5. The molecular formula is C23H26N4O3. The second kappa shape index (κ2) is 8.28. The molecule has 0 radical (unpaired) electrons. The molecule has 2 aromatic carbocycles. The second-order valence-corrected chi connectivity index (χ2v) is 7.58. The molecule has 1 aliphatic heterocycles. The van der Waals surface area contributed by atoms with E-state index in [1.807, 2.05) is 29.2 Å². The van der Waals surface area contributed by atoms with Crippen LogP contribution in [0.5, 0.6) is 5.75 Å². The number of rotatable bonds is 4. The zero-order valence-electron chi connectivity index (χ0n) is 17.5. The molecule has 1 saturated heterocycles. The Morgan fingerprint density at radius 2 is 1.70 bits per heavy atom. The summed E-state index contributed by atoms with van der Waals surface area (Å²) in [5, 5.41) is 0.630. The Morgan fingerprint density at radius 1 is 1.03 bits per heavy atom. The third-order valence-electron chi connectivity index (χ3n) is 5.88. The highest BCUT2D eigenvalue weighted by molar-refractivity contribution is 5.94. The van der Waals surface area contributed by atoms with Crippen molar-refractivity contribution < 1.29 is 9.53 Å². The van der Waals surface area contributed by atoms with E-state index in [1.165, 1.54) is 0 Å². The largest absolute Gasteiger partial charge is 0.497 e. The number of amides is 1. The van der Waals surface area contributed by atoms with Crippen molar-refractivity contribution >= 4 is 16.8 Å². The highest BCUT2D eigenvalue weighted by Gasteiger charge is 2.27. The number of ether oxygens (including phenoxy) is 1. The minimum atomic E-state index is -0.0317. The van der Waals surface area contributed by atoms with Crippen molar-refractivity contribution in [3.63, 3.8) is 0 Å². The third kappa shape index (κ3) is 3.68. The summed E-state index contributed by atoms with van der Waals surface area (Å²) in [6, 6.07) is 14.6. The van der Waals surface area contributed by atoms with Crippen LogP contribution in [-0.4, -0.2) is 58.5 Å². The van der Waals surface area contributed by atoms with Crippen molar-refractivity contribution in [3.8, 4) is 5.75 Å². The predicted octanol–water partition coefficient (Wildman–Crippen LogP) is 2.46. The standard InChI is InChI=1S/C23H26N4O3/c1-16(21-24-20-7-5-4-6-19(20)23(29)25(21)2)26-12-14-27(15-13-26)22(28)17-8-10-18(30-3)11-9-17/h4-11,16H,12-15H2,1-3H3. The van der Waals surface area contributed by atoms with Crippen LogP contribution in [0.15, 0.2) is 53.3 Å². The van der Waals surface area contributed by atoms with Gasteiger partial charge in [-0.05, 0) is 43.3 Å². The fourth-order valence-electron chi connectivity index (χ4n) is 4.00. The molecule has 1 fully saturated rings. The average Bonchev–Trinajstić information content (AvgIpc) is 2.80. The Kier molecular flexibility index (Phi) is 5.55. The van der Waals surface area contributed by atoms with Crippen molar-refractivity contribution in [3.05, 3.63) is 70.3 Å². The lowest BCUT2D eigenvalue weighted by molar-refractivity contribution is 0.0572. The van der Waals surface area contributed by atoms with Crippen molar-refractivity contribution in [1.82, 2.24) is 19.4 Å². The van der Waals surface area contributed by atoms with E-state index >= 15 is 0 Å². The second-order valence-electron chi connectivity index (χ2n) is 7.58. The topological polar surface area (TPSA) is 67.7 Å². The number of nitrogens with zero attached hydrogens (tertiary/aromatic N) is 4. The van der Waals surface area contributed by atoms with Crippen molar-refractivity contribution in [2.45, 2.75) is 13.0 Å². The van der Waals surface area contributed by atoms with Gasteiger partial charge >= 0.3 is 0 Å². The van der Waals surface area contributed by atoms with Gasteiger partial charge < -0.3 is 9.64 Å². The van der Waals surface area contributed by atoms with Crippen LogP contribution in [-0.2, 0) is 7.05 Å². The summed E-state index contributed by atoms with van der Waals surface area (Å²) in [7, 11) is 3.38. The quantitative estimate of drug-likeness (QED) is 0.666. The molecule has 7 heteroatoms. The molecule has 7 nitrogen and oxygen atoms in total. The zero-order valence-corrected chi connectivity index (χ0v) is 17.5. The van der Waals surface area contributed by atoms with Crippen molar-refractivity contribution in [2.75, 3.05) is 33.3 Å². The van der Waals surface area contributed by atoms with Crippen LogP contribution in [0, 0.1) is 0 Å². The van der Waals surface area contributed by atoms with Crippen LogP contribution >= 0.6 is 0 Å². The smallest absolute Gasteiger partial charge is 0.261 e. The molecule has 1 atom stereocenters. The number of para-hydroxylation sites is 1. The number of hydrogen-bond acceptors (Lipinski definition) is 5. The van der Waals surface area contributed by atoms with Gasteiger partial charge in [0.15, 0.2) is 0 Å². The van der Waals surface area contributed by atoms with Gasteiger partial charge in [-0.25, -0.2) is 4.98 Å². The maximum Gasteiger partial charge on any atom is 0.261 e. The van der Waals surface area contributed by atoms with Gasteiger partial charge in [0.1, 0.15) is 11.6 Å². The minimum Gasteiger partial charge on any atom is -0.497 e. The van der Waals surface area contributed by atoms with Gasteiger partial charge in [-0.1, -0.05) is 12.1 Å². The molecule has 1 amide bonds. The van der Waals surface area contributed by atoms with E-state index in [9.17, 15) is 9.59 Å². The predicted molar refractivity (Wildman–Crippen MR) is 116 cm³/mol. The molecule has 1 unspecified atom stereocenters. The highest BCUT2D eigenvalue weighted by Crippen LogP contribution is 2.22. The van der Waals surface area contributed by atoms with Gasteiger partial charge in [0.25, 0.3) is 11.5 Å². The van der Waals surface area contributed by atoms with Gasteiger partial charge in [0.05, 0.1) is 24.1 Å². The fraction of sp³-hybridized carbons (Fsp3) is 0.348. The molecule has 0 N–H and O–H groups in total. The fourth-order valence-corrected chi connectivity index (χ4v) is 4.00. The van der Waals surface area contributed by atoms with Crippen molar-refractivity contribution in [1.29, 1.82) is 0 Å². The number of methoxy groups -OCH3 is 1. The van der Waals surface area contributed by atoms with Gasteiger partial charge in [0.2, 0.25) is 0 Å². The molecule has 0 saturated carbocycles. The van der Waals surface area contributed by atoms with Crippen LogP contribution in [0.4, 0.5) is 0 Å². The van der Waals surface area contributed by atoms with E-state index in [0.717, 1.165) is 30.2 Å². The minimum absolute atomic E-state index is 0.0226. The molecule has 0 spiro atoms. The lowest BCUT2D eigenvalue weighted by Gasteiger charge is -2.38. The lowest BCUT2D eigenvalue weighted by Crippen LogP contribution is -2.49. The summed E-state index contributed by atoms with van der Waals surface area (Å²) >= 11 is 0. The van der Waals surface area contributed by atoms with E-state index in [0.29, 0.717) is 24.0 Å². The monoisotopic (exact) mass is 406 g/mol. The number of fused-ring (bicyclic) bond motifs is 1. The molecule has 1 aliphatic rings. The van der Waals surface area contributed by atoms with Crippen LogP contribution < -0.4 is 10.3 Å². The molecule has 156 valence electrons. The number of carbonyl (C=O) groups excluding carboxylic acids is 1. The molecule has 30 heavy (non-hydrogen) atoms. The van der Waals surface area contributed by atoms with Gasteiger partial charge in [-0.3, -0.25) is 19.1 Å². The van der Waals surface area contributed by atoms with E-state index in [2.05, 4.69) is 11.8 Å². The molecule has 0 aliphatic carbocycles. The summed E-state index contributed by atoms with van der Waals surface area (Å²) in [6.07, 6.45) is 0. The Bertz CT molecular complexity index is 1120. The Labute approximate surface area is 175 Å². The van der Waals surface area contributed by atoms with Crippen LogP contribution in [0.3, 0.4) is 0 Å². The third-order valence-corrected chi connectivity index (χ3v) is 5.88. The van der Waals surface area contributed by atoms with Crippen LogP contribution in [0.1, 0.15) is 29.1 Å². The average molecular weight is 406 g/mol. The summed E-state index contributed by atoms with van der Waals surface area (Å²) in [6.45, 7) is 4.79. The zero-order chi connectivity index (χ0) is 21.3. The Morgan fingerprint density at radius 3 is 2.37 bits per heavy atom. The number of carbonyl (C=O) groups is 1. The van der Waals surface area contributed by atoms with E-state index in [1.54, 1.807) is 43.0 Å². The molecule has 1 aromatic heterocycles. The summed E-state index contributed by atoms with van der Waals surface area (Å²) < 4.78 is 6.80. The molecule has 0 bridgehead atoms. The molecule has 3 aromatic rings. The van der Waals surface area contributed by atoms with E-state index < -0.39 is 0 Å². The van der Waals surface area contributed by atoms with E-state index in [4.69, 9.17) is 9.72 Å². The van der Waals surface area contributed by atoms with Crippen LogP contribution in [0.25, 0.3) is 10.9 Å². The lowest BCUT2D eigenvalue weighted by atomic mass is 10.1. The molecular weight excluding hydrogens is 380 g/mol. The normalized spacial score (nSPS) is 15.9. The van der Waals surface area contributed by atoms with Crippen LogP contribution in [0.2, 0.25) is 0 Å². The number of benzene rings is 2. The van der Waals surface area contributed by atoms with Gasteiger partial charge in [-0.15, -0.1) is 0 Å². The number of hydrogen-bond donors (Lipinski definition) is 0. The maximum atomic E-state index is 12.8. The number of aromatic nitrogens is 2. The summed E-state index contributed by atoms with van der Waals surface area (Å²) in [5.74, 6) is 1.51. The first-order valence-corrected chi connectivity index (χ1v) is 10.1. The molecule has 4 rings (SSSR count). The maximum absolute atomic E-state index is 12.8.